The molecule has 21 heavy (non-hydrogen) atoms. The zero-order valence-electron chi connectivity index (χ0n) is 11.6. The monoisotopic (exact) mass is 302 g/mol. The van der Waals surface area contributed by atoms with E-state index >= 15 is 0 Å². The fraction of sp³-hybridized carbons (Fsp3) is 0.500. The van der Waals surface area contributed by atoms with Gasteiger partial charge in [-0.2, -0.15) is 13.2 Å². The van der Waals surface area contributed by atoms with Gasteiger partial charge in [0.1, 0.15) is 5.75 Å². The number of carbonyl (C=O) groups is 1. The molecule has 0 spiro atoms. The fourth-order valence-electron chi connectivity index (χ4n) is 2.21. The minimum atomic E-state index is -4.16. The van der Waals surface area contributed by atoms with Crippen LogP contribution in [0.1, 0.15) is 5.56 Å². The van der Waals surface area contributed by atoms with Crippen molar-refractivity contribution in [3.63, 3.8) is 0 Å². The molecular weight excluding hydrogens is 285 g/mol. The molecule has 1 aliphatic rings. The van der Waals surface area contributed by atoms with E-state index in [0.29, 0.717) is 12.3 Å². The summed E-state index contributed by atoms with van der Waals surface area (Å²) < 4.78 is 42.1. The Morgan fingerprint density at radius 1 is 1.38 bits per heavy atom. The summed E-state index contributed by atoms with van der Waals surface area (Å²) in [6.45, 7) is 0.0677. The van der Waals surface area contributed by atoms with E-state index in [0.717, 1.165) is 5.56 Å². The maximum atomic E-state index is 12.3. The Bertz CT molecular complexity index is 499. The fourth-order valence-corrected chi connectivity index (χ4v) is 2.21. The zero-order valence-corrected chi connectivity index (χ0v) is 11.6. The highest BCUT2D eigenvalue weighted by Gasteiger charge is 2.47. The molecule has 1 N–H and O–H groups in total. The van der Waals surface area contributed by atoms with Crippen LogP contribution < -0.4 is 10.1 Å². The number of amides is 1. The van der Waals surface area contributed by atoms with Crippen LogP contribution in [0, 0.1) is 5.92 Å². The van der Waals surface area contributed by atoms with Crippen molar-refractivity contribution in [2.45, 2.75) is 12.7 Å². The van der Waals surface area contributed by atoms with Crippen molar-refractivity contribution in [2.75, 3.05) is 26.7 Å². The van der Waals surface area contributed by atoms with E-state index in [1.54, 1.807) is 6.07 Å². The molecule has 1 aromatic carbocycles. The van der Waals surface area contributed by atoms with E-state index in [2.05, 4.69) is 5.32 Å². The molecule has 116 valence electrons. The van der Waals surface area contributed by atoms with Crippen molar-refractivity contribution in [1.29, 1.82) is 0 Å². The largest absolute Gasteiger partial charge is 0.496 e. The number of halogens is 3. The van der Waals surface area contributed by atoms with Gasteiger partial charge in [0, 0.05) is 25.2 Å². The molecule has 1 saturated heterocycles. The van der Waals surface area contributed by atoms with Crippen molar-refractivity contribution in [3.05, 3.63) is 29.8 Å². The van der Waals surface area contributed by atoms with E-state index in [1.165, 1.54) is 12.0 Å². The third kappa shape index (κ3) is 4.10. The number of carbonyl (C=O) groups excluding carboxylic acids is 1. The zero-order chi connectivity index (χ0) is 15.5. The molecule has 0 aromatic heterocycles. The molecule has 2 rings (SSSR count). The molecule has 0 bridgehead atoms. The number of nitrogens with one attached hydrogen (secondary N) is 1. The Balaban J connectivity index is 1.74. The van der Waals surface area contributed by atoms with E-state index in [1.807, 2.05) is 18.2 Å². The van der Waals surface area contributed by atoms with Crippen LogP contribution in [0.15, 0.2) is 24.3 Å². The Morgan fingerprint density at radius 2 is 2.05 bits per heavy atom. The molecule has 1 aliphatic heterocycles. The van der Waals surface area contributed by atoms with Gasteiger partial charge in [-0.3, -0.25) is 9.69 Å². The van der Waals surface area contributed by atoms with Gasteiger partial charge >= 0.3 is 6.18 Å². The summed E-state index contributed by atoms with van der Waals surface area (Å²) in [7, 11) is 1.54. The summed E-state index contributed by atoms with van der Waals surface area (Å²) in [5, 5.41) is 2.68. The summed E-state index contributed by atoms with van der Waals surface area (Å²) in [5.41, 5.74) is 0.824. The van der Waals surface area contributed by atoms with Crippen LogP contribution in [0.25, 0.3) is 0 Å². The van der Waals surface area contributed by atoms with E-state index in [-0.39, 0.29) is 25.5 Å². The van der Waals surface area contributed by atoms with Gasteiger partial charge < -0.3 is 10.1 Å². The summed E-state index contributed by atoms with van der Waals surface area (Å²) in [6.07, 6.45) is -4.16. The summed E-state index contributed by atoms with van der Waals surface area (Å²) in [6, 6.07) is 7.25. The topological polar surface area (TPSA) is 41.6 Å². The average molecular weight is 302 g/mol. The van der Waals surface area contributed by atoms with E-state index in [9.17, 15) is 18.0 Å². The van der Waals surface area contributed by atoms with Crippen LogP contribution in [-0.4, -0.2) is 43.7 Å². The number of alkyl halides is 3. The molecule has 0 atom stereocenters. The molecule has 1 amide bonds. The van der Waals surface area contributed by atoms with Gasteiger partial charge in [0.25, 0.3) is 0 Å². The number of rotatable bonds is 5. The van der Waals surface area contributed by atoms with Crippen LogP contribution in [-0.2, 0) is 11.3 Å². The number of hydrogen-bond donors (Lipinski definition) is 1. The van der Waals surface area contributed by atoms with Crippen molar-refractivity contribution in [3.8, 4) is 5.75 Å². The van der Waals surface area contributed by atoms with Crippen molar-refractivity contribution in [1.82, 2.24) is 10.2 Å². The first-order valence-corrected chi connectivity index (χ1v) is 6.58. The third-order valence-electron chi connectivity index (χ3n) is 3.46. The minimum absolute atomic E-state index is 0.0122. The number of benzene rings is 1. The molecule has 7 heteroatoms. The normalized spacial score (nSPS) is 16.4. The minimum Gasteiger partial charge on any atom is -0.496 e. The highest BCUT2D eigenvalue weighted by molar-refractivity contribution is 5.78. The number of para-hydroxylation sites is 1. The standard InChI is InChI=1S/C14H17F3N2O2/c1-21-12-5-3-2-4-10(12)6-18-13(20)9-19-7-11(8-19)14(15,16)17/h2-5,11H,6-9H2,1H3,(H,18,20). The summed E-state index contributed by atoms with van der Waals surface area (Å²) in [5.74, 6) is -0.931. The molecule has 0 saturated carbocycles. The highest BCUT2D eigenvalue weighted by Crippen LogP contribution is 2.33. The van der Waals surface area contributed by atoms with Crippen LogP contribution in [0.5, 0.6) is 5.75 Å². The van der Waals surface area contributed by atoms with Gasteiger partial charge in [0.2, 0.25) is 5.91 Å². The lowest BCUT2D eigenvalue weighted by Gasteiger charge is -2.39. The Hall–Kier alpha value is -1.76. The number of ether oxygens (including phenoxy) is 1. The van der Waals surface area contributed by atoms with Crippen molar-refractivity contribution in [2.24, 2.45) is 5.92 Å². The third-order valence-corrected chi connectivity index (χ3v) is 3.46. The molecule has 1 heterocycles. The Morgan fingerprint density at radius 3 is 2.67 bits per heavy atom. The number of likely N-dealkylation sites (tertiary alicyclic amines) is 1. The highest BCUT2D eigenvalue weighted by atomic mass is 19.4. The van der Waals surface area contributed by atoms with Gasteiger partial charge in [-0.15, -0.1) is 0 Å². The lowest BCUT2D eigenvalue weighted by molar-refractivity contribution is -0.209. The van der Waals surface area contributed by atoms with Crippen LogP contribution in [0.2, 0.25) is 0 Å². The number of nitrogens with zero attached hydrogens (tertiary/aromatic N) is 1. The maximum Gasteiger partial charge on any atom is 0.394 e. The van der Waals surface area contributed by atoms with Gasteiger partial charge in [-0.05, 0) is 6.07 Å². The predicted molar refractivity (Wildman–Crippen MR) is 70.8 cm³/mol. The quantitative estimate of drug-likeness (QED) is 0.902. The predicted octanol–water partition coefficient (Wildman–Crippen LogP) is 1.81. The molecule has 1 aromatic rings. The number of hydrogen-bond acceptors (Lipinski definition) is 3. The maximum absolute atomic E-state index is 12.3. The van der Waals surface area contributed by atoms with Gasteiger partial charge in [0.05, 0.1) is 19.6 Å². The Kier molecular flexibility index (Phi) is 4.72. The van der Waals surface area contributed by atoms with Crippen molar-refractivity contribution < 1.29 is 22.7 Å². The molecule has 1 fully saturated rings. The van der Waals surface area contributed by atoms with Crippen LogP contribution in [0.3, 0.4) is 0 Å². The first kappa shape index (κ1) is 15.6. The first-order chi connectivity index (χ1) is 9.90. The lowest BCUT2D eigenvalue weighted by atomic mass is 10.00. The second kappa shape index (κ2) is 6.34. The second-order valence-corrected chi connectivity index (χ2v) is 5.02. The molecule has 0 radical (unpaired) electrons. The van der Waals surface area contributed by atoms with Gasteiger partial charge in [-0.25, -0.2) is 0 Å². The smallest absolute Gasteiger partial charge is 0.394 e. The second-order valence-electron chi connectivity index (χ2n) is 5.02. The Labute approximate surface area is 120 Å². The average Bonchev–Trinajstić information content (AvgIpc) is 2.39. The van der Waals surface area contributed by atoms with Crippen LogP contribution in [0.4, 0.5) is 13.2 Å². The van der Waals surface area contributed by atoms with Gasteiger partial charge in [-0.1, -0.05) is 18.2 Å². The SMILES string of the molecule is COc1ccccc1CNC(=O)CN1CC(C(F)(F)F)C1. The lowest BCUT2D eigenvalue weighted by Crippen LogP contribution is -2.55. The summed E-state index contributed by atoms with van der Waals surface area (Å²) >= 11 is 0. The van der Waals surface area contributed by atoms with Gasteiger partial charge in [0.15, 0.2) is 0 Å². The number of methoxy groups -OCH3 is 1. The van der Waals surface area contributed by atoms with Crippen molar-refractivity contribution >= 4 is 5.91 Å². The molecular formula is C14H17F3N2O2. The molecule has 0 unspecified atom stereocenters. The van der Waals surface area contributed by atoms with Crippen LogP contribution >= 0.6 is 0 Å². The molecule has 4 nitrogen and oxygen atoms in total. The van der Waals surface area contributed by atoms with E-state index in [4.69, 9.17) is 4.74 Å². The molecule has 0 aliphatic carbocycles. The first-order valence-electron chi connectivity index (χ1n) is 6.58. The van der Waals surface area contributed by atoms with E-state index < -0.39 is 12.1 Å². The summed E-state index contributed by atoms with van der Waals surface area (Å²) in [4.78, 5) is 13.2.